The van der Waals surface area contributed by atoms with Crippen molar-refractivity contribution in [2.24, 2.45) is 0 Å². The van der Waals surface area contributed by atoms with Gasteiger partial charge in [0.2, 0.25) is 0 Å². The molecule has 1 aromatic carbocycles. The summed E-state index contributed by atoms with van der Waals surface area (Å²) in [6.45, 7) is 1.82. The zero-order chi connectivity index (χ0) is 12.4. The van der Waals surface area contributed by atoms with E-state index in [0.717, 1.165) is 5.56 Å². The Morgan fingerprint density at radius 2 is 2.12 bits per heavy atom. The second kappa shape index (κ2) is 4.63. The molecule has 86 valence electrons. The molecule has 2 nitrogen and oxygen atoms in total. The number of hydrogen-bond donors (Lipinski definition) is 0. The number of halogens is 2. The van der Waals surface area contributed by atoms with Crippen molar-refractivity contribution in [3.63, 3.8) is 0 Å². The van der Waals surface area contributed by atoms with Crippen LogP contribution in [0.25, 0.3) is 0 Å². The van der Waals surface area contributed by atoms with Gasteiger partial charge in [-0.1, -0.05) is 11.6 Å². The van der Waals surface area contributed by atoms with E-state index in [1.807, 2.05) is 6.92 Å². The van der Waals surface area contributed by atoms with Crippen LogP contribution in [0.1, 0.15) is 21.5 Å². The molecule has 0 fully saturated rings. The van der Waals surface area contributed by atoms with E-state index in [-0.39, 0.29) is 10.8 Å². The highest BCUT2D eigenvalue weighted by molar-refractivity contribution is 6.31. The first-order chi connectivity index (χ1) is 8.09. The Labute approximate surface area is 103 Å². The minimum absolute atomic E-state index is 0.0580. The first-order valence-electron chi connectivity index (χ1n) is 5.00. The van der Waals surface area contributed by atoms with Gasteiger partial charge in [-0.05, 0) is 36.8 Å². The van der Waals surface area contributed by atoms with Crippen LogP contribution in [0.2, 0.25) is 5.02 Å². The predicted octanol–water partition coefficient (Wildman–Crippen LogP) is 3.41. The van der Waals surface area contributed by atoms with Crippen LogP contribution in [-0.4, -0.2) is 10.8 Å². The highest BCUT2D eigenvalue weighted by Crippen LogP contribution is 2.19. The van der Waals surface area contributed by atoms with E-state index in [9.17, 15) is 9.18 Å². The van der Waals surface area contributed by atoms with Gasteiger partial charge in [0.1, 0.15) is 5.82 Å². The summed E-state index contributed by atoms with van der Waals surface area (Å²) in [7, 11) is 0. The summed E-state index contributed by atoms with van der Waals surface area (Å²) in [5, 5.41) is -0.0580. The summed E-state index contributed by atoms with van der Waals surface area (Å²) in [5.74, 6) is -0.747. The number of rotatable bonds is 2. The summed E-state index contributed by atoms with van der Waals surface area (Å²) in [5.41, 5.74) is 1.67. The third-order valence-corrected chi connectivity index (χ3v) is 2.76. The molecule has 1 aromatic heterocycles. The van der Waals surface area contributed by atoms with Crippen molar-refractivity contribution in [1.82, 2.24) is 4.98 Å². The molecule has 2 aromatic rings. The van der Waals surface area contributed by atoms with Crippen LogP contribution in [-0.2, 0) is 0 Å². The Balaban J connectivity index is 2.44. The standard InChI is InChI=1S/C13H9ClFNO/c1-8-4-5-16-7-10(8)13(17)9-2-3-12(15)11(14)6-9/h2-7H,1H3. The van der Waals surface area contributed by atoms with Gasteiger partial charge in [0.25, 0.3) is 0 Å². The Morgan fingerprint density at radius 1 is 1.35 bits per heavy atom. The molecule has 0 atom stereocenters. The van der Waals surface area contributed by atoms with Crippen molar-refractivity contribution in [3.8, 4) is 0 Å². The van der Waals surface area contributed by atoms with Gasteiger partial charge in [-0.2, -0.15) is 0 Å². The quantitative estimate of drug-likeness (QED) is 0.764. The van der Waals surface area contributed by atoms with Gasteiger partial charge in [-0.3, -0.25) is 9.78 Å². The Kier molecular flexibility index (Phi) is 3.20. The summed E-state index contributed by atoms with van der Waals surface area (Å²) in [4.78, 5) is 16.0. The molecule has 0 aliphatic carbocycles. The molecule has 0 bridgehead atoms. The second-order valence-electron chi connectivity index (χ2n) is 3.65. The highest BCUT2D eigenvalue weighted by Gasteiger charge is 2.13. The lowest BCUT2D eigenvalue weighted by molar-refractivity contribution is 0.103. The third-order valence-electron chi connectivity index (χ3n) is 2.47. The van der Waals surface area contributed by atoms with Crippen LogP contribution in [0.15, 0.2) is 36.7 Å². The number of aryl methyl sites for hydroxylation is 1. The van der Waals surface area contributed by atoms with Gasteiger partial charge >= 0.3 is 0 Å². The fourth-order valence-corrected chi connectivity index (χ4v) is 1.68. The molecule has 0 saturated carbocycles. The normalized spacial score (nSPS) is 10.3. The lowest BCUT2D eigenvalue weighted by atomic mass is 10.0. The average Bonchev–Trinajstić information content (AvgIpc) is 2.32. The van der Waals surface area contributed by atoms with Gasteiger partial charge in [0, 0.05) is 23.5 Å². The van der Waals surface area contributed by atoms with Crippen molar-refractivity contribution in [1.29, 1.82) is 0 Å². The van der Waals surface area contributed by atoms with E-state index < -0.39 is 5.82 Å². The molecular formula is C13H9ClFNO. The van der Waals surface area contributed by atoms with Crippen molar-refractivity contribution in [2.45, 2.75) is 6.92 Å². The lowest BCUT2D eigenvalue weighted by Crippen LogP contribution is -2.04. The molecule has 4 heteroatoms. The van der Waals surface area contributed by atoms with Gasteiger partial charge in [-0.25, -0.2) is 4.39 Å². The number of hydrogen-bond acceptors (Lipinski definition) is 2. The SMILES string of the molecule is Cc1ccncc1C(=O)c1ccc(F)c(Cl)c1. The van der Waals surface area contributed by atoms with Crippen molar-refractivity contribution in [2.75, 3.05) is 0 Å². The fraction of sp³-hybridized carbons (Fsp3) is 0.0769. The predicted molar refractivity (Wildman–Crippen MR) is 63.8 cm³/mol. The average molecular weight is 250 g/mol. The van der Waals surface area contributed by atoms with E-state index >= 15 is 0 Å². The zero-order valence-corrected chi connectivity index (χ0v) is 9.83. The van der Waals surface area contributed by atoms with Crippen molar-refractivity contribution in [3.05, 3.63) is 64.2 Å². The minimum Gasteiger partial charge on any atom is -0.289 e. The summed E-state index contributed by atoms with van der Waals surface area (Å²) in [6.07, 6.45) is 3.11. The van der Waals surface area contributed by atoms with E-state index in [1.54, 1.807) is 12.3 Å². The molecule has 2 rings (SSSR count). The minimum atomic E-state index is -0.536. The summed E-state index contributed by atoms with van der Waals surface area (Å²) >= 11 is 5.64. The molecule has 0 N–H and O–H groups in total. The first kappa shape index (κ1) is 11.7. The number of ketones is 1. The van der Waals surface area contributed by atoms with E-state index in [0.29, 0.717) is 11.1 Å². The smallest absolute Gasteiger partial charge is 0.194 e. The third kappa shape index (κ3) is 2.34. The number of nitrogens with zero attached hydrogens (tertiary/aromatic N) is 1. The largest absolute Gasteiger partial charge is 0.289 e. The number of carbonyl (C=O) groups excluding carboxylic acids is 1. The van der Waals surface area contributed by atoms with Gasteiger partial charge < -0.3 is 0 Å². The summed E-state index contributed by atoms with van der Waals surface area (Å²) in [6, 6.07) is 5.67. The Bertz CT molecular complexity index is 583. The molecule has 0 saturated heterocycles. The fourth-order valence-electron chi connectivity index (χ4n) is 1.49. The maximum atomic E-state index is 13.0. The Morgan fingerprint density at radius 3 is 2.76 bits per heavy atom. The molecule has 0 unspecified atom stereocenters. The van der Waals surface area contributed by atoms with Crippen LogP contribution in [0.5, 0.6) is 0 Å². The van der Waals surface area contributed by atoms with Crippen LogP contribution in [0.3, 0.4) is 0 Å². The number of aromatic nitrogens is 1. The summed E-state index contributed by atoms with van der Waals surface area (Å²) < 4.78 is 13.0. The molecular weight excluding hydrogens is 241 g/mol. The molecule has 0 aliphatic heterocycles. The molecule has 0 amide bonds. The van der Waals surface area contributed by atoms with Crippen LogP contribution < -0.4 is 0 Å². The molecule has 17 heavy (non-hydrogen) atoms. The van der Waals surface area contributed by atoms with Crippen LogP contribution in [0.4, 0.5) is 4.39 Å². The van der Waals surface area contributed by atoms with Crippen molar-refractivity contribution >= 4 is 17.4 Å². The molecule has 0 spiro atoms. The zero-order valence-electron chi connectivity index (χ0n) is 9.08. The highest BCUT2D eigenvalue weighted by atomic mass is 35.5. The number of pyridine rings is 1. The monoisotopic (exact) mass is 249 g/mol. The number of carbonyl (C=O) groups is 1. The molecule has 0 radical (unpaired) electrons. The van der Waals surface area contributed by atoms with E-state index in [4.69, 9.17) is 11.6 Å². The molecule has 0 aliphatic rings. The van der Waals surface area contributed by atoms with Gasteiger partial charge in [0.15, 0.2) is 5.78 Å². The Hall–Kier alpha value is -1.74. The second-order valence-corrected chi connectivity index (χ2v) is 4.06. The number of benzene rings is 1. The van der Waals surface area contributed by atoms with Crippen LogP contribution in [0, 0.1) is 12.7 Å². The van der Waals surface area contributed by atoms with Gasteiger partial charge in [0.05, 0.1) is 5.02 Å². The lowest BCUT2D eigenvalue weighted by Gasteiger charge is -2.04. The van der Waals surface area contributed by atoms with Crippen LogP contribution >= 0.6 is 11.6 Å². The maximum absolute atomic E-state index is 13.0. The van der Waals surface area contributed by atoms with E-state index in [1.165, 1.54) is 24.4 Å². The molecule has 1 heterocycles. The van der Waals surface area contributed by atoms with Crippen molar-refractivity contribution < 1.29 is 9.18 Å². The first-order valence-corrected chi connectivity index (χ1v) is 5.38. The maximum Gasteiger partial charge on any atom is 0.194 e. The van der Waals surface area contributed by atoms with Gasteiger partial charge in [-0.15, -0.1) is 0 Å². The van der Waals surface area contributed by atoms with E-state index in [2.05, 4.69) is 4.98 Å². The topological polar surface area (TPSA) is 30.0 Å².